The molecule has 134 valence electrons. The topological polar surface area (TPSA) is 94.7 Å². The molecule has 0 fully saturated rings. The summed E-state index contributed by atoms with van der Waals surface area (Å²) in [7, 11) is 2.60. The highest BCUT2D eigenvalue weighted by Crippen LogP contribution is 2.25. The van der Waals surface area contributed by atoms with Gasteiger partial charge < -0.3 is 19.2 Å². The predicted molar refractivity (Wildman–Crippen MR) is 94.7 cm³/mol. The summed E-state index contributed by atoms with van der Waals surface area (Å²) >= 11 is 2.01. The molecule has 24 heavy (non-hydrogen) atoms. The minimum absolute atomic E-state index is 0.00454. The number of methoxy groups -OCH3 is 2. The van der Waals surface area contributed by atoms with Gasteiger partial charge in [0.05, 0.1) is 24.3 Å². The average Bonchev–Trinajstić information content (AvgIpc) is 2.79. The lowest BCUT2D eigenvalue weighted by Crippen LogP contribution is -2.25. The molecular formula is C16H22INO6. The number of aromatic amines is 1. The Labute approximate surface area is 154 Å². The minimum atomic E-state index is -0.657. The first kappa shape index (κ1) is 20.5. The van der Waals surface area contributed by atoms with Crippen LogP contribution < -0.4 is 0 Å². The molecule has 0 aliphatic rings. The third-order valence-electron chi connectivity index (χ3n) is 3.12. The largest absolute Gasteiger partial charge is 0.469 e. The Morgan fingerprint density at radius 1 is 1.04 bits per heavy atom. The van der Waals surface area contributed by atoms with E-state index in [1.165, 1.54) is 14.2 Å². The lowest BCUT2D eigenvalue weighted by Gasteiger charge is -2.19. The number of halogens is 1. The van der Waals surface area contributed by atoms with Crippen LogP contribution in [0.2, 0.25) is 0 Å². The van der Waals surface area contributed by atoms with Gasteiger partial charge in [0.25, 0.3) is 0 Å². The third-order valence-corrected chi connectivity index (χ3v) is 4.05. The highest BCUT2D eigenvalue weighted by Gasteiger charge is 2.27. The highest BCUT2D eigenvalue weighted by molar-refractivity contribution is 14.1. The number of rotatable bonds is 6. The zero-order valence-electron chi connectivity index (χ0n) is 14.4. The lowest BCUT2D eigenvalue weighted by atomic mass is 10.0. The number of nitrogens with one attached hydrogen (secondary N) is 1. The van der Waals surface area contributed by atoms with Crippen molar-refractivity contribution in [1.82, 2.24) is 4.98 Å². The normalized spacial score (nSPS) is 11.1. The van der Waals surface area contributed by atoms with E-state index in [0.717, 1.165) is 0 Å². The molecule has 0 radical (unpaired) electrons. The van der Waals surface area contributed by atoms with Crippen LogP contribution in [0.1, 0.15) is 48.8 Å². The summed E-state index contributed by atoms with van der Waals surface area (Å²) in [4.78, 5) is 38.5. The number of ether oxygens (including phenoxy) is 3. The first-order valence-electron chi connectivity index (χ1n) is 7.35. The number of carbonyl (C=O) groups excluding carboxylic acids is 3. The van der Waals surface area contributed by atoms with Crippen molar-refractivity contribution in [2.24, 2.45) is 0 Å². The number of hydrogen-bond donors (Lipinski definition) is 1. The number of hydrogen-bond acceptors (Lipinski definition) is 6. The fourth-order valence-electron chi connectivity index (χ4n) is 2.05. The van der Waals surface area contributed by atoms with Gasteiger partial charge in [-0.15, -0.1) is 0 Å². The van der Waals surface area contributed by atoms with Gasteiger partial charge in [0.1, 0.15) is 11.3 Å². The van der Waals surface area contributed by atoms with Gasteiger partial charge in [0.15, 0.2) is 0 Å². The van der Waals surface area contributed by atoms with Crippen molar-refractivity contribution in [1.29, 1.82) is 0 Å². The van der Waals surface area contributed by atoms with Crippen LogP contribution in [-0.2, 0) is 36.6 Å². The molecule has 0 saturated heterocycles. The molecule has 1 aromatic heterocycles. The summed E-state index contributed by atoms with van der Waals surface area (Å²) in [5.41, 5.74) is 0.796. The SMILES string of the molecule is COC(=O)CCc1c(C(=O)OC(C)(C)C)[nH]c(I)c1CC(=O)OC. The minimum Gasteiger partial charge on any atom is -0.469 e. The van der Waals surface area contributed by atoms with Gasteiger partial charge in [-0.05, 0) is 60.9 Å². The fraction of sp³-hybridized carbons (Fsp3) is 0.562. The fourth-order valence-corrected chi connectivity index (χ4v) is 2.84. The van der Waals surface area contributed by atoms with Gasteiger partial charge >= 0.3 is 17.9 Å². The molecule has 0 saturated carbocycles. The quantitative estimate of drug-likeness (QED) is 0.406. The van der Waals surface area contributed by atoms with Crippen molar-refractivity contribution in [2.75, 3.05) is 14.2 Å². The van der Waals surface area contributed by atoms with Crippen LogP contribution in [0, 0.1) is 3.70 Å². The molecular weight excluding hydrogens is 429 g/mol. The molecule has 1 N–H and O–H groups in total. The zero-order chi connectivity index (χ0) is 18.5. The van der Waals surface area contributed by atoms with Gasteiger partial charge in [-0.1, -0.05) is 0 Å². The molecule has 0 spiro atoms. The second-order valence-electron chi connectivity index (χ2n) is 6.10. The Bertz CT molecular complexity index is 629. The molecule has 0 bridgehead atoms. The monoisotopic (exact) mass is 451 g/mol. The van der Waals surface area contributed by atoms with Crippen LogP contribution in [0.5, 0.6) is 0 Å². The molecule has 0 aromatic carbocycles. The first-order chi connectivity index (χ1) is 11.1. The molecule has 0 amide bonds. The van der Waals surface area contributed by atoms with Crippen LogP contribution in [0.4, 0.5) is 0 Å². The maximum atomic E-state index is 12.4. The van der Waals surface area contributed by atoms with E-state index in [2.05, 4.69) is 9.72 Å². The van der Waals surface area contributed by atoms with E-state index in [0.29, 0.717) is 14.8 Å². The Balaban J connectivity index is 3.21. The summed E-state index contributed by atoms with van der Waals surface area (Å²) in [6, 6.07) is 0. The van der Waals surface area contributed by atoms with Crippen molar-refractivity contribution in [2.45, 2.75) is 45.6 Å². The first-order valence-corrected chi connectivity index (χ1v) is 8.43. The zero-order valence-corrected chi connectivity index (χ0v) is 16.6. The number of esters is 3. The Morgan fingerprint density at radius 2 is 1.62 bits per heavy atom. The van der Waals surface area contributed by atoms with Crippen molar-refractivity contribution in [3.05, 3.63) is 20.5 Å². The number of H-pyrrole nitrogens is 1. The summed E-state index contributed by atoms with van der Waals surface area (Å²) < 4.78 is 15.4. The van der Waals surface area contributed by atoms with Gasteiger partial charge in [0, 0.05) is 6.42 Å². The number of aromatic nitrogens is 1. The Kier molecular flexibility index (Phi) is 7.25. The molecule has 1 aromatic rings. The van der Waals surface area contributed by atoms with E-state index in [1.54, 1.807) is 20.8 Å². The van der Waals surface area contributed by atoms with Gasteiger partial charge in [-0.25, -0.2) is 4.79 Å². The van der Waals surface area contributed by atoms with Crippen molar-refractivity contribution < 1.29 is 28.6 Å². The van der Waals surface area contributed by atoms with E-state index in [4.69, 9.17) is 9.47 Å². The Hall–Kier alpha value is -1.58. The maximum Gasteiger partial charge on any atom is 0.355 e. The standard InChI is InChI=1S/C16H22INO6/c1-16(2,3)24-15(21)13-9(6-7-11(19)22-4)10(14(17)18-13)8-12(20)23-5/h18H,6-8H2,1-5H3. The van der Waals surface area contributed by atoms with Crippen LogP contribution in [0.3, 0.4) is 0 Å². The van der Waals surface area contributed by atoms with E-state index < -0.39 is 23.5 Å². The van der Waals surface area contributed by atoms with E-state index in [9.17, 15) is 14.4 Å². The van der Waals surface area contributed by atoms with Crippen LogP contribution >= 0.6 is 22.6 Å². The van der Waals surface area contributed by atoms with E-state index in [1.807, 2.05) is 22.6 Å². The van der Waals surface area contributed by atoms with E-state index >= 15 is 0 Å². The molecule has 1 heterocycles. The molecule has 7 nitrogen and oxygen atoms in total. The summed E-state index contributed by atoms with van der Waals surface area (Å²) in [5.74, 6) is -1.36. The summed E-state index contributed by atoms with van der Waals surface area (Å²) in [5, 5.41) is 0. The van der Waals surface area contributed by atoms with Gasteiger partial charge in [0.2, 0.25) is 0 Å². The molecule has 0 aliphatic heterocycles. The molecule has 0 unspecified atom stereocenters. The molecule has 1 rings (SSSR count). The molecule has 0 aliphatic carbocycles. The van der Waals surface area contributed by atoms with Crippen molar-refractivity contribution in [3.8, 4) is 0 Å². The second-order valence-corrected chi connectivity index (χ2v) is 7.18. The van der Waals surface area contributed by atoms with Crippen molar-refractivity contribution in [3.63, 3.8) is 0 Å². The summed E-state index contributed by atoms with van der Waals surface area (Å²) in [6.07, 6.45) is 0.353. The lowest BCUT2D eigenvalue weighted by molar-refractivity contribution is -0.141. The van der Waals surface area contributed by atoms with Crippen LogP contribution in [0.25, 0.3) is 0 Å². The molecule has 8 heteroatoms. The predicted octanol–water partition coefficient (Wildman–Crippen LogP) is 2.40. The number of carbonyl (C=O) groups is 3. The highest BCUT2D eigenvalue weighted by atomic mass is 127. The smallest absolute Gasteiger partial charge is 0.355 e. The van der Waals surface area contributed by atoms with Gasteiger partial charge in [-0.2, -0.15) is 0 Å². The maximum absolute atomic E-state index is 12.4. The average molecular weight is 451 g/mol. The van der Waals surface area contributed by atoms with Crippen molar-refractivity contribution >= 4 is 40.5 Å². The summed E-state index contributed by atoms with van der Waals surface area (Å²) in [6.45, 7) is 5.30. The second kappa shape index (κ2) is 8.50. The van der Waals surface area contributed by atoms with Gasteiger partial charge in [-0.3, -0.25) is 9.59 Å². The van der Waals surface area contributed by atoms with Crippen LogP contribution in [-0.4, -0.2) is 42.7 Å². The Morgan fingerprint density at radius 3 is 2.12 bits per heavy atom. The van der Waals surface area contributed by atoms with E-state index in [-0.39, 0.29) is 25.0 Å². The third kappa shape index (κ3) is 5.81. The van der Waals surface area contributed by atoms with Crippen LogP contribution in [0.15, 0.2) is 0 Å². The molecule has 0 atom stereocenters.